The zero-order valence-corrected chi connectivity index (χ0v) is 11.6. The summed E-state index contributed by atoms with van der Waals surface area (Å²) in [7, 11) is 0. The summed E-state index contributed by atoms with van der Waals surface area (Å²) < 4.78 is 13.3. The van der Waals surface area contributed by atoms with Crippen LogP contribution in [0.25, 0.3) is 0 Å². The fourth-order valence-corrected chi connectivity index (χ4v) is 3.26. The molecule has 2 unspecified atom stereocenters. The highest BCUT2D eigenvalue weighted by Crippen LogP contribution is 2.42. The smallest absolute Gasteiger partial charge is 0.123 e. The van der Waals surface area contributed by atoms with E-state index in [4.69, 9.17) is 0 Å². The molecule has 0 aromatic heterocycles. The lowest BCUT2D eigenvalue weighted by Crippen LogP contribution is -2.34. The van der Waals surface area contributed by atoms with E-state index in [2.05, 4.69) is 13.0 Å². The van der Waals surface area contributed by atoms with Crippen LogP contribution in [0.2, 0.25) is 0 Å². The van der Waals surface area contributed by atoms with Gasteiger partial charge in [-0.15, -0.1) is 0 Å². The summed E-state index contributed by atoms with van der Waals surface area (Å²) in [6.07, 6.45) is 2.15. The molecule has 2 aromatic rings. The highest BCUT2D eigenvalue weighted by atomic mass is 19.1. The van der Waals surface area contributed by atoms with Crippen molar-refractivity contribution in [2.75, 3.05) is 0 Å². The van der Waals surface area contributed by atoms with E-state index in [-0.39, 0.29) is 5.82 Å². The Morgan fingerprint density at radius 2 is 2.00 bits per heavy atom. The van der Waals surface area contributed by atoms with Crippen molar-refractivity contribution < 1.29 is 9.50 Å². The second kappa shape index (κ2) is 5.02. The molecule has 0 radical (unpaired) electrons. The van der Waals surface area contributed by atoms with Gasteiger partial charge in [0.2, 0.25) is 0 Å². The average Bonchev–Trinajstić information content (AvgIpc) is 2.44. The van der Waals surface area contributed by atoms with Crippen molar-refractivity contribution in [3.05, 3.63) is 71.0 Å². The van der Waals surface area contributed by atoms with Crippen molar-refractivity contribution in [2.24, 2.45) is 0 Å². The molecule has 0 bridgehead atoms. The Morgan fingerprint density at radius 1 is 1.20 bits per heavy atom. The summed E-state index contributed by atoms with van der Waals surface area (Å²) >= 11 is 0. The van der Waals surface area contributed by atoms with Crippen molar-refractivity contribution in [2.45, 2.75) is 37.7 Å². The quantitative estimate of drug-likeness (QED) is 0.869. The molecule has 1 nitrogen and oxygen atoms in total. The Labute approximate surface area is 119 Å². The molecule has 1 N–H and O–H groups in total. The van der Waals surface area contributed by atoms with Crippen molar-refractivity contribution in [3.8, 4) is 0 Å². The van der Waals surface area contributed by atoms with Gasteiger partial charge in [-0.1, -0.05) is 43.3 Å². The number of benzene rings is 2. The largest absolute Gasteiger partial charge is 0.385 e. The minimum Gasteiger partial charge on any atom is -0.385 e. The third-order valence-electron chi connectivity index (χ3n) is 4.37. The van der Waals surface area contributed by atoms with E-state index in [9.17, 15) is 9.50 Å². The molecule has 1 aliphatic carbocycles. The lowest BCUT2D eigenvalue weighted by Gasteiger charge is -2.37. The molecular formula is C18H19FO. The maximum Gasteiger partial charge on any atom is 0.123 e. The minimum absolute atomic E-state index is 0.247. The zero-order valence-electron chi connectivity index (χ0n) is 11.6. The summed E-state index contributed by atoms with van der Waals surface area (Å²) in [6.45, 7) is 2.20. The van der Waals surface area contributed by atoms with Crippen LogP contribution in [-0.2, 0) is 12.0 Å². The highest BCUT2D eigenvalue weighted by Gasteiger charge is 2.36. The number of hydrogen-bond donors (Lipinski definition) is 1. The van der Waals surface area contributed by atoms with E-state index < -0.39 is 5.60 Å². The molecule has 104 valence electrons. The molecule has 0 saturated heterocycles. The Balaban J connectivity index is 1.98. The van der Waals surface area contributed by atoms with Crippen LogP contribution >= 0.6 is 0 Å². The summed E-state index contributed by atoms with van der Waals surface area (Å²) in [6, 6.07) is 14.6. The maximum absolute atomic E-state index is 13.3. The second-order valence-corrected chi connectivity index (χ2v) is 5.87. The summed E-state index contributed by atoms with van der Waals surface area (Å²) in [5, 5.41) is 11.1. The van der Waals surface area contributed by atoms with E-state index in [1.807, 2.05) is 24.3 Å². The lowest BCUT2D eigenvalue weighted by molar-refractivity contribution is 0.0159. The Bertz CT molecular complexity index is 622. The van der Waals surface area contributed by atoms with Gasteiger partial charge in [-0.3, -0.25) is 0 Å². The Hall–Kier alpha value is -1.67. The molecule has 0 amide bonds. The van der Waals surface area contributed by atoms with Crippen LogP contribution in [0.4, 0.5) is 4.39 Å². The number of rotatable bonds is 2. The predicted octanol–water partition coefficient (Wildman–Crippen LogP) is 4.15. The fourth-order valence-electron chi connectivity index (χ4n) is 3.26. The Kier molecular flexibility index (Phi) is 3.35. The van der Waals surface area contributed by atoms with E-state index in [1.54, 1.807) is 6.07 Å². The SMILES string of the molecule is CC1CCC(O)(Cc2cccc(F)c2)c2ccccc21. The Morgan fingerprint density at radius 3 is 2.80 bits per heavy atom. The van der Waals surface area contributed by atoms with Gasteiger partial charge in [0.05, 0.1) is 5.60 Å². The highest BCUT2D eigenvalue weighted by molar-refractivity contribution is 5.38. The van der Waals surface area contributed by atoms with Crippen molar-refractivity contribution >= 4 is 0 Å². The molecule has 3 rings (SSSR count). The van der Waals surface area contributed by atoms with E-state index in [1.165, 1.54) is 17.7 Å². The average molecular weight is 270 g/mol. The van der Waals surface area contributed by atoms with Crippen molar-refractivity contribution in [1.29, 1.82) is 0 Å². The van der Waals surface area contributed by atoms with Gasteiger partial charge in [0, 0.05) is 6.42 Å². The van der Waals surface area contributed by atoms with Crippen LogP contribution in [0.1, 0.15) is 42.4 Å². The first-order valence-corrected chi connectivity index (χ1v) is 7.15. The van der Waals surface area contributed by atoms with Gasteiger partial charge in [0.15, 0.2) is 0 Å². The molecule has 0 aliphatic heterocycles. The van der Waals surface area contributed by atoms with Crippen molar-refractivity contribution in [1.82, 2.24) is 0 Å². The van der Waals surface area contributed by atoms with Gasteiger partial charge in [0.25, 0.3) is 0 Å². The van der Waals surface area contributed by atoms with Gasteiger partial charge in [0.1, 0.15) is 5.82 Å². The van der Waals surface area contributed by atoms with Gasteiger partial charge in [-0.25, -0.2) is 4.39 Å². The minimum atomic E-state index is -0.878. The molecule has 1 aliphatic rings. The molecule has 0 heterocycles. The van der Waals surface area contributed by atoms with Crippen LogP contribution in [0, 0.1) is 5.82 Å². The number of fused-ring (bicyclic) bond motifs is 1. The molecule has 20 heavy (non-hydrogen) atoms. The molecule has 2 atom stereocenters. The van der Waals surface area contributed by atoms with E-state index in [0.29, 0.717) is 12.3 Å². The first kappa shape index (κ1) is 13.3. The molecule has 2 heteroatoms. The van der Waals surface area contributed by atoms with E-state index in [0.717, 1.165) is 24.0 Å². The monoisotopic (exact) mass is 270 g/mol. The van der Waals surface area contributed by atoms with E-state index >= 15 is 0 Å². The van der Waals surface area contributed by atoms with Crippen LogP contribution in [0.3, 0.4) is 0 Å². The van der Waals surface area contributed by atoms with Crippen LogP contribution in [0.15, 0.2) is 48.5 Å². The van der Waals surface area contributed by atoms with Crippen LogP contribution in [0.5, 0.6) is 0 Å². The normalized spacial score (nSPS) is 25.2. The van der Waals surface area contributed by atoms with Gasteiger partial charge < -0.3 is 5.11 Å². The second-order valence-electron chi connectivity index (χ2n) is 5.87. The standard InChI is InChI=1S/C18H19FO/c1-13-9-10-18(20,17-8-3-2-7-16(13)17)12-14-5-4-6-15(19)11-14/h2-8,11,13,20H,9-10,12H2,1H3. The number of hydrogen-bond acceptors (Lipinski definition) is 1. The summed E-state index contributed by atoms with van der Waals surface area (Å²) in [4.78, 5) is 0. The number of halogens is 1. The van der Waals surface area contributed by atoms with Crippen LogP contribution < -0.4 is 0 Å². The summed E-state index contributed by atoms with van der Waals surface area (Å²) in [5.74, 6) is 0.225. The van der Waals surface area contributed by atoms with Gasteiger partial charge >= 0.3 is 0 Å². The topological polar surface area (TPSA) is 20.2 Å². The molecule has 0 fully saturated rings. The molecule has 0 saturated carbocycles. The van der Waals surface area contributed by atoms with Gasteiger partial charge in [-0.2, -0.15) is 0 Å². The molecule has 0 spiro atoms. The van der Waals surface area contributed by atoms with Gasteiger partial charge in [-0.05, 0) is 47.6 Å². The fraction of sp³-hybridized carbons (Fsp3) is 0.333. The third kappa shape index (κ3) is 2.36. The first-order chi connectivity index (χ1) is 9.58. The van der Waals surface area contributed by atoms with Crippen molar-refractivity contribution in [3.63, 3.8) is 0 Å². The van der Waals surface area contributed by atoms with Crippen LogP contribution in [-0.4, -0.2) is 5.11 Å². The zero-order chi connectivity index (χ0) is 14.2. The number of aliphatic hydroxyl groups is 1. The maximum atomic E-state index is 13.3. The lowest BCUT2D eigenvalue weighted by atomic mass is 9.72. The third-order valence-corrected chi connectivity index (χ3v) is 4.37. The predicted molar refractivity (Wildman–Crippen MR) is 78.1 cm³/mol. The first-order valence-electron chi connectivity index (χ1n) is 7.15. The molecular weight excluding hydrogens is 251 g/mol. The molecule has 2 aromatic carbocycles. The summed E-state index contributed by atoms with van der Waals surface area (Å²) in [5.41, 5.74) is 2.19.